The summed E-state index contributed by atoms with van der Waals surface area (Å²) >= 11 is 0. The van der Waals surface area contributed by atoms with Crippen molar-refractivity contribution in [1.82, 2.24) is 4.90 Å². The van der Waals surface area contributed by atoms with Crippen molar-refractivity contribution in [2.75, 3.05) is 6.54 Å². The van der Waals surface area contributed by atoms with Gasteiger partial charge in [0.1, 0.15) is 0 Å². The zero-order valence-corrected chi connectivity index (χ0v) is 11.4. The second-order valence-corrected chi connectivity index (χ2v) is 4.77. The van der Waals surface area contributed by atoms with E-state index >= 15 is 0 Å². The molecule has 0 saturated heterocycles. The second-order valence-electron chi connectivity index (χ2n) is 4.77. The molecule has 0 fully saturated rings. The van der Waals surface area contributed by atoms with E-state index in [0.29, 0.717) is 5.56 Å². The average Bonchev–Trinajstić information content (AvgIpc) is 2.47. The standard InChI is InChI=1S/C15H13NO6/c17-13(18)10-2-1-3-16(8-10)7-9-4-11(14(19)20)6-12(5-9)15(21)22/h1-6H,7-8H2,(H,17,18)(H,19,20)(H,21,22). The van der Waals surface area contributed by atoms with Crippen molar-refractivity contribution in [1.29, 1.82) is 0 Å². The van der Waals surface area contributed by atoms with Gasteiger partial charge in [0.25, 0.3) is 0 Å². The van der Waals surface area contributed by atoms with Gasteiger partial charge in [0.15, 0.2) is 0 Å². The molecule has 0 radical (unpaired) electrons. The molecule has 0 unspecified atom stereocenters. The van der Waals surface area contributed by atoms with Crippen LogP contribution in [-0.4, -0.2) is 44.7 Å². The minimum atomic E-state index is -1.22. The molecule has 1 aromatic rings. The van der Waals surface area contributed by atoms with Crippen LogP contribution in [0.5, 0.6) is 0 Å². The smallest absolute Gasteiger partial charge is 0.335 e. The Morgan fingerprint density at radius 2 is 1.55 bits per heavy atom. The summed E-state index contributed by atoms with van der Waals surface area (Å²) in [5.74, 6) is -3.46. The highest BCUT2D eigenvalue weighted by molar-refractivity contribution is 5.94. The van der Waals surface area contributed by atoms with Gasteiger partial charge in [0.2, 0.25) is 0 Å². The third-order valence-electron chi connectivity index (χ3n) is 3.11. The zero-order chi connectivity index (χ0) is 16.3. The van der Waals surface area contributed by atoms with Gasteiger partial charge in [-0.3, -0.25) is 0 Å². The van der Waals surface area contributed by atoms with Crippen molar-refractivity contribution in [2.24, 2.45) is 0 Å². The Labute approximate surface area is 125 Å². The van der Waals surface area contributed by atoms with E-state index in [4.69, 9.17) is 15.3 Å². The van der Waals surface area contributed by atoms with Gasteiger partial charge in [-0.05, 0) is 42.1 Å². The van der Waals surface area contributed by atoms with Crippen molar-refractivity contribution in [2.45, 2.75) is 6.54 Å². The number of carboxylic acid groups (broad SMARTS) is 3. The van der Waals surface area contributed by atoms with Crippen molar-refractivity contribution < 1.29 is 29.7 Å². The van der Waals surface area contributed by atoms with Crippen molar-refractivity contribution >= 4 is 17.9 Å². The summed E-state index contributed by atoms with van der Waals surface area (Å²) < 4.78 is 0. The lowest BCUT2D eigenvalue weighted by Gasteiger charge is -2.23. The number of carboxylic acids is 3. The van der Waals surface area contributed by atoms with Crippen LogP contribution in [0.1, 0.15) is 26.3 Å². The monoisotopic (exact) mass is 303 g/mol. The minimum absolute atomic E-state index is 0.120. The molecule has 22 heavy (non-hydrogen) atoms. The summed E-state index contributed by atoms with van der Waals surface area (Å²) in [5, 5.41) is 27.0. The van der Waals surface area contributed by atoms with E-state index in [1.807, 2.05) is 0 Å². The predicted molar refractivity (Wildman–Crippen MR) is 75.6 cm³/mol. The maximum atomic E-state index is 11.1. The van der Waals surface area contributed by atoms with Crippen LogP contribution >= 0.6 is 0 Å². The third kappa shape index (κ3) is 3.51. The molecule has 0 amide bonds. The fourth-order valence-electron chi connectivity index (χ4n) is 2.12. The quantitative estimate of drug-likeness (QED) is 0.753. The number of hydrogen-bond donors (Lipinski definition) is 3. The van der Waals surface area contributed by atoms with Crippen molar-refractivity contribution in [3.05, 3.63) is 58.8 Å². The maximum Gasteiger partial charge on any atom is 0.335 e. The number of allylic oxidation sites excluding steroid dienone is 2. The lowest BCUT2D eigenvalue weighted by atomic mass is 10.0. The van der Waals surface area contributed by atoms with Crippen LogP contribution < -0.4 is 0 Å². The van der Waals surface area contributed by atoms with E-state index in [2.05, 4.69) is 0 Å². The number of carbonyl (C=O) groups is 3. The van der Waals surface area contributed by atoms with E-state index in [0.717, 1.165) is 6.07 Å². The minimum Gasteiger partial charge on any atom is -0.478 e. The topological polar surface area (TPSA) is 115 Å². The third-order valence-corrected chi connectivity index (χ3v) is 3.11. The Morgan fingerprint density at radius 1 is 0.955 bits per heavy atom. The van der Waals surface area contributed by atoms with Crippen LogP contribution in [0.15, 0.2) is 42.1 Å². The molecular weight excluding hydrogens is 290 g/mol. The van der Waals surface area contributed by atoms with E-state index in [9.17, 15) is 14.4 Å². The SMILES string of the molecule is O=C(O)C1=CC=CN(Cc2cc(C(=O)O)cc(C(=O)O)c2)C1. The molecule has 2 rings (SSSR count). The summed E-state index contributed by atoms with van der Waals surface area (Å²) in [6.07, 6.45) is 4.72. The molecule has 0 saturated carbocycles. The second kappa shape index (κ2) is 6.13. The molecule has 0 bridgehead atoms. The summed E-state index contributed by atoms with van der Waals surface area (Å²) in [6, 6.07) is 3.84. The van der Waals surface area contributed by atoms with Gasteiger partial charge in [-0.1, -0.05) is 0 Å². The van der Waals surface area contributed by atoms with Crippen LogP contribution in [0, 0.1) is 0 Å². The number of nitrogens with zero attached hydrogens (tertiary/aromatic N) is 1. The van der Waals surface area contributed by atoms with Crippen LogP contribution in [0.4, 0.5) is 0 Å². The normalized spacial score (nSPS) is 13.6. The fraction of sp³-hybridized carbons (Fsp3) is 0.133. The van der Waals surface area contributed by atoms with Gasteiger partial charge in [-0.25, -0.2) is 14.4 Å². The lowest BCUT2D eigenvalue weighted by molar-refractivity contribution is -0.132. The van der Waals surface area contributed by atoms with Crippen molar-refractivity contribution in [3.63, 3.8) is 0 Å². The molecule has 1 aliphatic rings. The number of hydrogen-bond acceptors (Lipinski definition) is 4. The Kier molecular flexibility index (Phi) is 4.26. The Morgan fingerprint density at radius 3 is 2.05 bits per heavy atom. The number of aliphatic carboxylic acids is 1. The predicted octanol–water partition coefficient (Wildman–Crippen LogP) is 1.42. The molecular formula is C15H13NO6. The van der Waals surface area contributed by atoms with E-state index < -0.39 is 17.9 Å². The maximum absolute atomic E-state index is 11.1. The molecule has 0 atom stereocenters. The molecule has 0 aliphatic carbocycles. The van der Waals surface area contributed by atoms with Crippen LogP contribution in [-0.2, 0) is 11.3 Å². The fourth-order valence-corrected chi connectivity index (χ4v) is 2.12. The van der Waals surface area contributed by atoms with Gasteiger partial charge in [0, 0.05) is 13.1 Å². The molecule has 7 heteroatoms. The number of benzene rings is 1. The first-order valence-corrected chi connectivity index (χ1v) is 6.32. The van der Waals surface area contributed by atoms with Gasteiger partial charge in [-0.15, -0.1) is 0 Å². The lowest BCUT2D eigenvalue weighted by Crippen LogP contribution is -2.25. The summed E-state index contributed by atoms with van der Waals surface area (Å²) in [4.78, 5) is 34.7. The number of aromatic carboxylic acids is 2. The molecule has 0 spiro atoms. The van der Waals surface area contributed by atoms with E-state index in [1.54, 1.807) is 17.2 Å². The van der Waals surface area contributed by atoms with Crippen molar-refractivity contribution in [3.8, 4) is 0 Å². The van der Waals surface area contributed by atoms with E-state index in [-0.39, 0.29) is 29.8 Å². The first-order chi connectivity index (χ1) is 10.4. The molecule has 3 N–H and O–H groups in total. The Bertz CT molecular complexity index is 672. The molecule has 114 valence electrons. The highest BCUT2D eigenvalue weighted by Gasteiger charge is 2.16. The summed E-state index contributed by atoms with van der Waals surface area (Å²) in [7, 11) is 0. The highest BCUT2D eigenvalue weighted by Crippen LogP contribution is 2.16. The highest BCUT2D eigenvalue weighted by atomic mass is 16.4. The summed E-state index contributed by atoms with van der Waals surface area (Å²) in [6.45, 7) is 0.369. The molecule has 0 aromatic heterocycles. The first kappa shape index (κ1) is 15.3. The summed E-state index contributed by atoms with van der Waals surface area (Å²) in [5.41, 5.74) is 0.443. The zero-order valence-electron chi connectivity index (χ0n) is 11.4. The Balaban J connectivity index is 2.24. The largest absolute Gasteiger partial charge is 0.478 e. The van der Waals surface area contributed by atoms with Gasteiger partial charge >= 0.3 is 17.9 Å². The Hall–Kier alpha value is -3.09. The van der Waals surface area contributed by atoms with E-state index in [1.165, 1.54) is 18.2 Å². The molecule has 7 nitrogen and oxygen atoms in total. The van der Waals surface area contributed by atoms with Gasteiger partial charge in [0.05, 0.1) is 16.7 Å². The van der Waals surface area contributed by atoms with Gasteiger partial charge in [-0.2, -0.15) is 0 Å². The van der Waals surface area contributed by atoms with Gasteiger partial charge < -0.3 is 20.2 Å². The molecule has 1 aliphatic heterocycles. The molecule has 1 heterocycles. The van der Waals surface area contributed by atoms with Crippen LogP contribution in [0.3, 0.4) is 0 Å². The van der Waals surface area contributed by atoms with Crippen LogP contribution in [0.25, 0.3) is 0 Å². The number of rotatable bonds is 5. The molecule has 1 aromatic carbocycles. The first-order valence-electron chi connectivity index (χ1n) is 6.32. The van der Waals surface area contributed by atoms with Crippen LogP contribution in [0.2, 0.25) is 0 Å². The average molecular weight is 303 g/mol.